The lowest BCUT2D eigenvalue weighted by molar-refractivity contribution is -0.384. The van der Waals surface area contributed by atoms with Gasteiger partial charge in [-0.25, -0.2) is 12.8 Å². The molecule has 0 aliphatic carbocycles. The maximum absolute atomic E-state index is 13.3. The number of thiazole rings is 1. The van der Waals surface area contributed by atoms with Crippen LogP contribution in [0.4, 0.5) is 10.1 Å². The zero-order chi connectivity index (χ0) is 25.3. The van der Waals surface area contributed by atoms with E-state index in [1.807, 2.05) is 0 Å². The second kappa shape index (κ2) is 9.64. The quantitative estimate of drug-likeness (QED) is 0.274. The normalized spacial score (nSPS) is 17.1. The van der Waals surface area contributed by atoms with Gasteiger partial charge < -0.3 is 9.30 Å². The molecule has 35 heavy (non-hydrogen) atoms. The number of ether oxygens (including phenoxy) is 1. The molecule has 1 unspecified atom stereocenters. The van der Waals surface area contributed by atoms with Crippen LogP contribution in [0.5, 0.6) is 0 Å². The number of sulfonamides is 1. The number of hydrogen-bond donors (Lipinski definition) is 0. The molecule has 0 saturated carbocycles. The van der Waals surface area contributed by atoms with Crippen LogP contribution >= 0.6 is 11.3 Å². The van der Waals surface area contributed by atoms with Gasteiger partial charge in [-0.1, -0.05) is 11.3 Å². The van der Waals surface area contributed by atoms with Gasteiger partial charge in [-0.3, -0.25) is 19.7 Å². The standard InChI is InChI=1S/C21H19FN4O7S2/c1-33-19(27)12-24-17-11-14(26(29)30)6-9-18(17)34-21(24)23-20(28)16-3-2-10-25(16)35(31,32)15-7-4-13(22)5-8-15/h4-9,11,16H,2-3,10,12H2,1H3. The average Bonchev–Trinajstić information content (AvgIpc) is 3.45. The van der Waals surface area contributed by atoms with E-state index in [0.29, 0.717) is 16.6 Å². The highest BCUT2D eigenvalue weighted by atomic mass is 32.2. The summed E-state index contributed by atoms with van der Waals surface area (Å²) in [5.41, 5.74) is 0.0995. The minimum Gasteiger partial charge on any atom is -0.468 e. The molecular formula is C21H19FN4O7S2. The molecule has 2 aromatic carbocycles. The minimum atomic E-state index is -4.08. The van der Waals surface area contributed by atoms with Gasteiger partial charge in [0, 0.05) is 18.7 Å². The van der Waals surface area contributed by atoms with Crippen LogP contribution in [0.15, 0.2) is 52.4 Å². The molecule has 1 aliphatic heterocycles. The van der Waals surface area contributed by atoms with Gasteiger partial charge >= 0.3 is 5.97 Å². The Bertz CT molecular complexity index is 1500. The third-order valence-electron chi connectivity index (χ3n) is 5.51. The monoisotopic (exact) mass is 522 g/mol. The molecule has 1 aromatic heterocycles. The molecule has 0 radical (unpaired) electrons. The fourth-order valence-corrected chi connectivity index (χ4v) is 6.45. The predicted octanol–water partition coefficient (Wildman–Crippen LogP) is 2.20. The lowest BCUT2D eigenvalue weighted by Gasteiger charge is -2.21. The summed E-state index contributed by atoms with van der Waals surface area (Å²) in [5, 5.41) is 11.2. The number of methoxy groups -OCH3 is 1. The van der Waals surface area contributed by atoms with Crippen molar-refractivity contribution >= 4 is 49.1 Å². The Kier molecular flexibility index (Phi) is 6.78. The first-order valence-corrected chi connectivity index (χ1v) is 12.6. The Hall–Kier alpha value is -3.49. The van der Waals surface area contributed by atoms with Gasteiger partial charge in [0.1, 0.15) is 18.4 Å². The first-order chi connectivity index (χ1) is 16.6. The van der Waals surface area contributed by atoms with Gasteiger partial charge in [-0.2, -0.15) is 9.30 Å². The average molecular weight is 523 g/mol. The summed E-state index contributed by atoms with van der Waals surface area (Å²) in [4.78, 5) is 39.8. The van der Waals surface area contributed by atoms with Crippen molar-refractivity contribution in [1.82, 2.24) is 8.87 Å². The number of halogens is 1. The van der Waals surface area contributed by atoms with Gasteiger partial charge in [-0.15, -0.1) is 0 Å². The predicted molar refractivity (Wildman–Crippen MR) is 122 cm³/mol. The largest absolute Gasteiger partial charge is 0.468 e. The third kappa shape index (κ3) is 4.85. The molecule has 0 bridgehead atoms. The number of carbonyl (C=O) groups excluding carboxylic acids is 2. The number of nitro groups is 1. The summed E-state index contributed by atoms with van der Waals surface area (Å²) in [5.74, 6) is -1.99. The Labute approximate surface area is 202 Å². The molecule has 1 saturated heterocycles. The van der Waals surface area contributed by atoms with E-state index < -0.39 is 38.7 Å². The number of hydrogen-bond acceptors (Lipinski definition) is 8. The van der Waals surface area contributed by atoms with Crippen molar-refractivity contribution < 1.29 is 32.1 Å². The molecule has 1 aliphatic rings. The van der Waals surface area contributed by atoms with Gasteiger partial charge in [0.25, 0.3) is 11.6 Å². The third-order valence-corrected chi connectivity index (χ3v) is 8.49. The van der Waals surface area contributed by atoms with Crippen LogP contribution in [-0.4, -0.2) is 53.8 Å². The highest BCUT2D eigenvalue weighted by Gasteiger charge is 2.39. The first kappa shape index (κ1) is 24.6. The summed E-state index contributed by atoms with van der Waals surface area (Å²) >= 11 is 1.03. The Morgan fingerprint density at radius 2 is 1.97 bits per heavy atom. The molecule has 1 fully saturated rings. The highest BCUT2D eigenvalue weighted by molar-refractivity contribution is 7.89. The lowest BCUT2D eigenvalue weighted by Crippen LogP contribution is -2.40. The molecule has 3 aromatic rings. The molecule has 1 amide bonds. The van der Waals surface area contributed by atoms with E-state index in [1.165, 1.54) is 29.9 Å². The highest BCUT2D eigenvalue weighted by Crippen LogP contribution is 2.28. The number of non-ortho nitro benzene ring substituents is 1. The summed E-state index contributed by atoms with van der Waals surface area (Å²) in [7, 11) is -2.90. The zero-order valence-corrected chi connectivity index (χ0v) is 19.9. The van der Waals surface area contributed by atoms with Gasteiger partial charge in [-0.05, 0) is 43.2 Å². The summed E-state index contributed by atoms with van der Waals surface area (Å²) in [6.07, 6.45) is 0.656. The Balaban J connectivity index is 1.75. The second-order valence-electron chi connectivity index (χ2n) is 7.63. The van der Waals surface area contributed by atoms with E-state index in [0.717, 1.165) is 39.9 Å². The molecule has 11 nitrogen and oxygen atoms in total. The van der Waals surface area contributed by atoms with E-state index >= 15 is 0 Å². The van der Waals surface area contributed by atoms with E-state index in [4.69, 9.17) is 4.74 Å². The smallest absolute Gasteiger partial charge is 0.325 e. The molecule has 0 N–H and O–H groups in total. The number of carbonyl (C=O) groups is 2. The zero-order valence-electron chi connectivity index (χ0n) is 18.3. The van der Waals surface area contributed by atoms with Crippen molar-refractivity contribution in [3.8, 4) is 0 Å². The van der Waals surface area contributed by atoms with Crippen molar-refractivity contribution in [2.45, 2.75) is 30.3 Å². The van der Waals surface area contributed by atoms with Gasteiger partial charge in [0.05, 0.1) is 27.1 Å². The van der Waals surface area contributed by atoms with Crippen molar-refractivity contribution in [2.24, 2.45) is 4.99 Å². The molecule has 1 atom stereocenters. The van der Waals surface area contributed by atoms with Crippen LogP contribution in [0.3, 0.4) is 0 Å². The Morgan fingerprint density at radius 3 is 2.63 bits per heavy atom. The van der Waals surface area contributed by atoms with Crippen molar-refractivity contribution in [2.75, 3.05) is 13.7 Å². The minimum absolute atomic E-state index is 0.0712. The van der Waals surface area contributed by atoms with Crippen LogP contribution in [0, 0.1) is 15.9 Å². The SMILES string of the molecule is COC(=O)Cn1c(=NC(=O)C2CCCN2S(=O)(=O)c2ccc(F)cc2)sc2ccc([N+](=O)[O-])cc21. The summed E-state index contributed by atoms with van der Waals surface area (Å²) in [6.45, 7) is -0.265. The lowest BCUT2D eigenvalue weighted by atomic mass is 10.2. The van der Waals surface area contributed by atoms with E-state index in [2.05, 4.69) is 4.99 Å². The molecule has 14 heteroatoms. The first-order valence-electron chi connectivity index (χ1n) is 10.3. The van der Waals surface area contributed by atoms with Gasteiger partial charge in [0.2, 0.25) is 10.0 Å². The number of nitrogens with zero attached hydrogens (tertiary/aromatic N) is 4. The molecule has 0 spiro atoms. The van der Waals surface area contributed by atoms with E-state index in [1.54, 1.807) is 0 Å². The molecule has 2 heterocycles. The summed E-state index contributed by atoms with van der Waals surface area (Å²) in [6, 6.07) is 7.26. The second-order valence-corrected chi connectivity index (χ2v) is 10.5. The van der Waals surface area contributed by atoms with Crippen LogP contribution in [0.25, 0.3) is 10.2 Å². The number of esters is 1. The number of nitro benzene ring substituents is 1. The van der Waals surface area contributed by atoms with Crippen LogP contribution in [-0.2, 0) is 30.9 Å². The van der Waals surface area contributed by atoms with Crippen LogP contribution in [0.1, 0.15) is 12.8 Å². The van der Waals surface area contributed by atoms with Crippen molar-refractivity contribution in [3.63, 3.8) is 0 Å². The summed E-state index contributed by atoms with van der Waals surface area (Å²) < 4.78 is 47.0. The number of fused-ring (bicyclic) bond motifs is 1. The fraction of sp³-hybridized carbons (Fsp3) is 0.286. The number of rotatable bonds is 6. The maximum Gasteiger partial charge on any atom is 0.325 e. The van der Waals surface area contributed by atoms with Crippen LogP contribution in [0.2, 0.25) is 0 Å². The Morgan fingerprint density at radius 1 is 1.26 bits per heavy atom. The number of benzene rings is 2. The topological polar surface area (TPSA) is 141 Å². The number of amides is 1. The van der Waals surface area contributed by atoms with Crippen molar-refractivity contribution in [3.05, 3.63) is 63.2 Å². The van der Waals surface area contributed by atoms with Gasteiger partial charge in [0.15, 0.2) is 4.80 Å². The molecular weight excluding hydrogens is 503 g/mol. The van der Waals surface area contributed by atoms with E-state index in [-0.39, 0.29) is 34.9 Å². The van der Waals surface area contributed by atoms with E-state index in [9.17, 15) is 32.5 Å². The maximum atomic E-state index is 13.3. The van der Waals surface area contributed by atoms with Crippen molar-refractivity contribution in [1.29, 1.82) is 0 Å². The fourth-order valence-electron chi connectivity index (χ4n) is 3.79. The van der Waals surface area contributed by atoms with Crippen LogP contribution < -0.4 is 4.80 Å². The molecule has 184 valence electrons. The molecule has 4 rings (SSSR count). The number of aromatic nitrogens is 1.